The normalized spacial score (nSPS) is 11.6. The third-order valence-corrected chi connectivity index (χ3v) is 3.39. The minimum atomic E-state index is 0.179. The lowest BCUT2D eigenvalue weighted by molar-refractivity contribution is 0.358. The third kappa shape index (κ3) is 4.21. The van der Waals surface area contributed by atoms with Crippen molar-refractivity contribution in [1.82, 2.24) is 0 Å². The molecular formula is C14H23ClN2. The minimum absolute atomic E-state index is 0.179. The van der Waals surface area contributed by atoms with Crippen molar-refractivity contribution in [3.05, 3.63) is 28.3 Å². The van der Waals surface area contributed by atoms with Crippen LogP contribution >= 0.6 is 11.6 Å². The summed E-state index contributed by atoms with van der Waals surface area (Å²) < 4.78 is 0. The predicted molar refractivity (Wildman–Crippen MR) is 76.9 cm³/mol. The van der Waals surface area contributed by atoms with E-state index >= 15 is 0 Å². The van der Waals surface area contributed by atoms with Crippen LogP contribution in [-0.4, -0.2) is 13.1 Å². The van der Waals surface area contributed by atoms with Crippen molar-refractivity contribution in [2.45, 2.75) is 34.1 Å². The molecule has 0 aliphatic heterocycles. The number of hydrogen-bond acceptors (Lipinski definition) is 2. The van der Waals surface area contributed by atoms with Gasteiger partial charge in [0.25, 0.3) is 0 Å². The highest BCUT2D eigenvalue weighted by atomic mass is 35.5. The van der Waals surface area contributed by atoms with E-state index in [2.05, 4.69) is 39.1 Å². The molecule has 0 aliphatic carbocycles. The minimum Gasteiger partial charge on any atom is -0.384 e. The molecule has 0 unspecified atom stereocenters. The number of halogens is 1. The first-order valence-corrected chi connectivity index (χ1v) is 6.44. The number of rotatable bonds is 5. The van der Waals surface area contributed by atoms with E-state index in [0.717, 1.165) is 23.7 Å². The lowest BCUT2D eigenvalue weighted by atomic mass is 9.89. The molecule has 0 fully saturated rings. The van der Waals surface area contributed by atoms with E-state index in [9.17, 15) is 0 Å². The molecule has 0 amide bonds. The van der Waals surface area contributed by atoms with Gasteiger partial charge in [-0.1, -0.05) is 31.5 Å². The largest absolute Gasteiger partial charge is 0.384 e. The smallest absolute Gasteiger partial charge is 0.0642 e. The second-order valence-corrected chi connectivity index (χ2v) is 5.89. The molecule has 0 saturated carbocycles. The number of hydrogen-bond donors (Lipinski definition) is 2. The summed E-state index contributed by atoms with van der Waals surface area (Å²) in [7, 11) is 0. The number of nitrogens with one attached hydrogen (secondary N) is 1. The van der Waals surface area contributed by atoms with E-state index < -0.39 is 0 Å². The van der Waals surface area contributed by atoms with Crippen molar-refractivity contribution in [1.29, 1.82) is 0 Å². The zero-order valence-corrected chi connectivity index (χ0v) is 12.0. The number of anilines is 1. The van der Waals surface area contributed by atoms with Gasteiger partial charge in [0.2, 0.25) is 0 Å². The number of benzene rings is 1. The maximum absolute atomic E-state index is 6.23. The highest BCUT2D eigenvalue weighted by Crippen LogP contribution is 2.28. The van der Waals surface area contributed by atoms with E-state index in [-0.39, 0.29) is 5.41 Å². The average Bonchev–Trinajstić information content (AvgIpc) is 2.22. The highest BCUT2D eigenvalue weighted by molar-refractivity contribution is 6.33. The summed E-state index contributed by atoms with van der Waals surface area (Å²) >= 11 is 6.23. The van der Waals surface area contributed by atoms with Crippen LogP contribution in [0.5, 0.6) is 0 Å². The standard InChI is InChI=1S/C14H23ClN2/c1-10-7-11(2)13(12(15)8-10)17-6-5-14(3,4)9-16/h7-8,17H,5-6,9,16H2,1-4H3. The van der Waals surface area contributed by atoms with Crippen LogP contribution in [0.15, 0.2) is 12.1 Å². The molecule has 0 bridgehead atoms. The van der Waals surface area contributed by atoms with E-state index in [1.165, 1.54) is 11.1 Å². The average molecular weight is 255 g/mol. The summed E-state index contributed by atoms with van der Waals surface area (Å²) in [6, 6.07) is 4.13. The summed E-state index contributed by atoms with van der Waals surface area (Å²) in [5.74, 6) is 0. The lowest BCUT2D eigenvalue weighted by Gasteiger charge is -2.23. The molecule has 1 aromatic carbocycles. The summed E-state index contributed by atoms with van der Waals surface area (Å²) in [5.41, 5.74) is 9.33. The lowest BCUT2D eigenvalue weighted by Crippen LogP contribution is -2.26. The van der Waals surface area contributed by atoms with Gasteiger partial charge in [-0.15, -0.1) is 0 Å². The summed E-state index contributed by atoms with van der Waals surface area (Å²) in [4.78, 5) is 0. The molecule has 96 valence electrons. The Morgan fingerprint density at radius 2 is 1.94 bits per heavy atom. The van der Waals surface area contributed by atoms with Crippen molar-refractivity contribution in [2.24, 2.45) is 11.1 Å². The predicted octanol–water partition coefficient (Wildman–Crippen LogP) is 3.74. The third-order valence-electron chi connectivity index (χ3n) is 3.09. The first-order valence-electron chi connectivity index (χ1n) is 6.06. The van der Waals surface area contributed by atoms with E-state index in [1.54, 1.807) is 0 Å². The Bertz CT molecular complexity index is 363. The van der Waals surface area contributed by atoms with Crippen molar-refractivity contribution >= 4 is 17.3 Å². The van der Waals surface area contributed by atoms with Crippen LogP contribution in [-0.2, 0) is 0 Å². The van der Waals surface area contributed by atoms with Crippen LogP contribution in [0, 0.1) is 19.3 Å². The van der Waals surface area contributed by atoms with Gasteiger partial charge in [-0.2, -0.15) is 0 Å². The second kappa shape index (κ2) is 5.74. The fourth-order valence-corrected chi connectivity index (χ4v) is 2.16. The first kappa shape index (κ1) is 14.3. The fourth-order valence-electron chi connectivity index (χ4n) is 1.77. The van der Waals surface area contributed by atoms with Gasteiger partial charge in [-0.05, 0) is 49.4 Å². The molecular weight excluding hydrogens is 232 g/mol. The summed E-state index contributed by atoms with van der Waals surface area (Å²) in [6.45, 7) is 10.1. The van der Waals surface area contributed by atoms with Gasteiger partial charge >= 0.3 is 0 Å². The van der Waals surface area contributed by atoms with E-state index in [0.29, 0.717) is 6.54 Å². The molecule has 0 heterocycles. The van der Waals surface area contributed by atoms with Crippen LogP contribution in [0.2, 0.25) is 5.02 Å². The molecule has 2 nitrogen and oxygen atoms in total. The molecule has 0 atom stereocenters. The van der Waals surface area contributed by atoms with Crippen molar-refractivity contribution in [3.8, 4) is 0 Å². The van der Waals surface area contributed by atoms with Gasteiger partial charge in [0.15, 0.2) is 0 Å². The summed E-state index contributed by atoms with van der Waals surface area (Å²) in [5, 5.41) is 4.21. The van der Waals surface area contributed by atoms with E-state index in [4.69, 9.17) is 17.3 Å². The van der Waals surface area contributed by atoms with Gasteiger partial charge in [-0.3, -0.25) is 0 Å². The Morgan fingerprint density at radius 1 is 1.29 bits per heavy atom. The number of nitrogens with two attached hydrogens (primary N) is 1. The molecule has 0 aromatic heterocycles. The van der Waals surface area contributed by atoms with Gasteiger partial charge in [0.1, 0.15) is 0 Å². The van der Waals surface area contributed by atoms with Gasteiger partial charge in [0.05, 0.1) is 10.7 Å². The summed E-state index contributed by atoms with van der Waals surface area (Å²) in [6.07, 6.45) is 1.03. The van der Waals surface area contributed by atoms with Crippen molar-refractivity contribution in [3.63, 3.8) is 0 Å². The maximum atomic E-state index is 6.23. The van der Waals surface area contributed by atoms with Crippen LogP contribution in [0.4, 0.5) is 5.69 Å². The first-order chi connectivity index (χ1) is 7.85. The Balaban J connectivity index is 2.64. The van der Waals surface area contributed by atoms with Gasteiger partial charge < -0.3 is 11.1 Å². The van der Waals surface area contributed by atoms with Gasteiger partial charge in [-0.25, -0.2) is 0 Å². The SMILES string of the molecule is Cc1cc(C)c(NCCC(C)(C)CN)c(Cl)c1. The van der Waals surface area contributed by atoms with Crippen LogP contribution in [0.1, 0.15) is 31.4 Å². The molecule has 17 heavy (non-hydrogen) atoms. The van der Waals surface area contributed by atoms with Crippen LogP contribution in [0.3, 0.4) is 0 Å². The molecule has 0 saturated heterocycles. The Labute approximate surface area is 110 Å². The molecule has 3 heteroatoms. The molecule has 1 aromatic rings. The quantitative estimate of drug-likeness (QED) is 0.840. The molecule has 0 spiro atoms. The maximum Gasteiger partial charge on any atom is 0.0642 e. The van der Waals surface area contributed by atoms with Crippen molar-refractivity contribution < 1.29 is 0 Å². The second-order valence-electron chi connectivity index (χ2n) is 5.48. The zero-order chi connectivity index (χ0) is 13.1. The zero-order valence-electron chi connectivity index (χ0n) is 11.2. The molecule has 3 N–H and O–H groups in total. The van der Waals surface area contributed by atoms with Crippen molar-refractivity contribution in [2.75, 3.05) is 18.4 Å². The Kier molecular flexibility index (Phi) is 4.84. The highest BCUT2D eigenvalue weighted by Gasteiger charge is 2.15. The topological polar surface area (TPSA) is 38.0 Å². The monoisotopic (exact) mass is 254 g/mol. The number of aryl methyl sites for hydroxylation is 2. The molecule has 1 rings (SSSR count). The Morgan fingerprint density at radius 3 is 2.47 bits per heavy atom. The van der Waals surface area contributed by atoms with E-state index in [1.807, 2.05) is 6.07 Å². The van der Waals surface area contributed by atoms with Crippen LogP contribution in [0.25, 0.3) is 0 Å². The fraction of sp³-hybridized carbons (Fsp3) is 0.571. The van der Waals surface area contributed by atoms with Crippen LogP contribution < -0.4 is 11.1 Å². The Hall–Kier alpha value is -0.730. The molecule has 0 aliphatic rings. The van der Waals surface area contributed by atoms with Gasteiger partial charge in [0, 0.05) is 6.54 Å². The molecule has 0 radical (unpaired) electrons.